The number of halogens is 1. The molecule has 0 radical (unpaired) electrons. The number of hydrogen-bond donors (Lipinski definition) is 1. The number of rotatable bonds is 2. The fraction of sp³-hybridized carbons (Fsp3) is 0.167. The first kappa shape index (κ1) is 19.8. The number of aromatic amines is 1. The van der Waals surface area contributed by atoms with Gasteiger partial charge in [0.05, 0.1) is 22.0 Å². The van der Waals surface area contributed by atoms with Gasteiger partial charge in [-0.2, -0.15) is 5.26 Å². The molecule has 1 N–H and O–H groups in total. The van der Waals surface area contributed by atoms with Crippen molar-refractivity contribution in [3.05, 3.63) is 79.5 Å². The van der Waals surface area contributed by atoms with Crippen molar-refractivity contribution in [3.8, 4) is 6.07 Å². The van der Waals surface area contributed by atoms with Crippen LogP contribution in [0.1, 0.15) is 33.6 Å². The highest BCUT2D eigenvalue weighted by molar-refractivity contribution is 6.31. The molecule has 0 spiro atoms. The Morgan fingerprint density at radius 2 is 1.67 bits per heavy atom. The van der Waals surface area contributed by atoms with Crippen LogP contribution in [0.15, 0.2) is 35.1 Å². The summed E-state index contributed by atoms with van der Waals surface area (Å²) in [6, 6.07) is 11.9. The molecular weight excluding hydrogens is 396 g/mol. The smallest absolute Gasteiger partial charge is 0.259 e. The lowest BCUT2D eigenvalue weighted by atomic mass is 10.0. The van der Waals surface area contributed by atoms with Crippen LogP contribution in [0.5, 0.6) is 0 Å². The number of fused-ring (bicyclic) bond motifs is 2. The van der Waals surface area contributed by atoms with Crippen LogP contribution in [0, 0.1) is 39.0 Å². The summed E-state index contributed by atoms with van der Waals surface area (Å²) in [7, 11) is 0. The first-order valence-corrected chi connectivity index (χ1v) is 9.85. The predicted molar refractivity (Wildman–Crippen MR) is 122 cm³/mol. The molecule has 4 aromatic rings. The summed E-state index contributed by atoms with van der Waals surface area (Å²) in [5.41, 5.74) is 5.94. The number of nitrogens with one attached hydrogen (secondary N) is 1. The van der Waals surface area contributed by atoms with E-state index < -0.39 is 0 Å². The number of benzene rings is 2. The van der Waals surface area contributed by atoms with Gasteiger partial charge in [-0.05, 0) is 68.7 Å². The van der Waals surface area contributed by atoms with Crippen LogP contribution in [0.3, 0.4) is 0 Å². The van der Waals surface area contributed by atoms with Gasteiger partial charge in [-0.3, -0.25) is 4.79 Å². The molecule has 0 saturated carbocycles. The van der Waals surface area contributed by atoms with Gasteiger partial charge < -0.3 is 4.98 Å². The minimum Gasteiger partial charge on any atom is -0.305 e. The second kappa shape index (κ2) is 7.40. The first-order valence-electron chi connectivity index (χ1n) is 9.48. The third-order valence-corrected chi connectivity index (χ3v) is 5.36. The molecular formula is C24H19ClN4O. The fourth-order valence-electron chi connectivity index (χ4n) is 3.78. The van der Waals surface area contributed by atoms with Gasteiger partial charge in [-0.1, -0.05) is 29.3 Å². The summed E-state index contributed by atoms with van der Waals surface area (Å²) in [6.45, 7) is 7.84. The average Bonchev–Trinajstić information content (AvgIpc) is 2.67. The van der Waals surface area contributed by atoms with Crippen molar-refractivity contribution in [2.45, 2.75) is 27.7 Å². The SMILES string of the molecule is Cc1cc(C)c2nc(Cl)c(/C=C(\C#N)c3nc4c(C)cc(C)cc4c(=O)[nH]3)cc2c1. The third kappa shape index (κ3) is 3.47. The summed E-state index contributed by atoms with van der Waals surface area (Å²) < 4.78 is 0. The zero-order valence-electron chi connectivity index (χ0n) is 17.1. The largest absolute Gasteiger partial charge is 0.305 e. The molecule has 0 aliphatic rings. The van der Waals surface area contributed by atoms with Crippen molar-refractivity contribution < 1.29 is 0 Å². The molecule has 0 atom stereocenters. The highest BCUT2D eigenvalue weighted by Crippen LogP contribution is 2.27. The molecule has 148 valence electrons. The van der Waals surface area contributed by atoms with E-state index in [-0.39, 0.29) is 22.1 Å². The maximum absolute atomic E-state index is 12.6. The topological polar surface area (TPSA) is 82.4 Å². The molecule has 5 nitrogen and oxygen atoms in total. The summed E-state index contributed by atoms with van der Waals surface area (Å²) in [4.78, 5) is 24.4. The Kier molecular flexibility index (Phi) is 4.89. The van der Waals surface area contributed by atoms with E-state index in [9.17, 15) is 10.1 Å². The molecule has 0 aliphatic heterocycles. The van der Waals surface area contributed by atoms with Gasteiger partial charge >= 0.3 is 0 Å². The number of nitriles is 1. The third-order valence-electron chi connectivity index (χ3n) is 5.05. The zero-order valence-corrected chi connectivity index (χ0v) is 17.8. The highest BCUT2D eigenvalue weighted by atomic mass is 35.5. The summed E-state index contributed by atoms with van der Waals surface area (Å²) in [5, 5.41) is 11.5. The number of aryl methyl sites for hydroxylation is 4. The van der Waals surface area contributed by atoms with Gasteiger partial charge in [0.15, 0.2) is 5.82 Å². The molecule has 0 saturated heterocycles. The second-order valence-electron chi connectivity index (χ2n) is 7.58. The Morgan fingerprint density at radius 3 is 2.37 bits per heavy atom. The number of H-pyrrole nitrogens is 1. The lowest BCUT2D eigenvalue weighted by molar-refractivity contribution is 1.12. The molecule has 0 amide bonds. The van der Waals surface area contributed by atoms with E-state index in [0.29, 0.717) is 16.5 Å². The molecule has 2 heterocycles. The van der Waals surface area contributed by atoms with Gasteiger partial charge in [-0.15, -0.1) is 0 Å². The van der Waals surface area contributed by atoms with Crippen LogP contribution >= 0.6 is 11.6 Å². The average molecular weight is 415 g/mol. The normalized spacial score (nSPS) is 11.8. The van der Waals surface area contributed by atoms with Crippen molar-refractivity contribution in [3.63, 3.8) is 0 Å². The molecule has 0 aliphatic carbocycles. The number of nitrogens with zero attached hydrogens (tertiary/aromatic N) is 3. The van der Waals surface area contributed by atoms with Gasteiger partial charge in [0, 0.05) is 10.9 Å². The molecule has 0 unspecified atom stereocenters. The van der Waals surface area contributed by atoms with E-state index in [0.717, 1.165) is 33.2 Å². The van der Waals surface area contributed by atoms with Crippen molar-refractivity contribution in [1.82, 2.24) is 15.0 Å². The number of pyridine rings is 1. The molecule has 6 heteroatoms. The van der Waals surface area contributed by atoms with Crippen LogP contribution in [0.2, 0.25) is 5.15 Å². The maximum Gasteiger partial charge on any atom is 0.259 e. The standard InChI is InChI=1S/C24H19ClN4O/c1-12-5-14(3)20-16(7-12)9-17(22(25)27-20)10-18(11-26)23-28-21-15(4)6-13(2)8-19(21)24(30)29-23/h5-10H,1-4H3,(H,28,29,30)/b18-10+. The van der Waals surface area contributed by atoms with E-state index >= 15 is 0 Å². The molecule has 0 fully saturated rings. The number of allylic oxidation sites excluding steroid dienone is 1. The van der Waals surface area contributed by atoms with Gasteiger partial charge in [-0.25, -0.2) is 9.97 Å². The van der Waals surface area contributed by atoms with E-state index in [4.69, 9.17) is 11.6 Å². The van der Waals surface area contributed by atoms with E-state index in [2.05, 4.69) is 27.1 Å². The van der Waals surface area contributed by atoms with E-state index in [1.165, 1.54) is 0 Å². The minimum absolute atomic E-state index is 0.207. The molecule has 2 aromatic heterocycles. The predicted octanol–water partition coefficient (Wildman–Crippen LogP) is 5.42. The first-order chi connectivity index (χ1) is 14.3. The zero-order chi connectivity index (χ0) is 21.6. The van der Waals surface area contributed by atoms with Crippen LogP contribution < -0.4 is 5.56 Å². The Morgan fingerprint density at radius 1 is 1.00 bits per heavy atom. The van der Waals surface area contributed by atoms with E-state index in [1.807, 2.05) is 45.9 Å². The van der Waals surface area contributed by atoms with Crippen LogP contribution in [-0.2, 0) is 0 Å². The quantitative estimate of drug-likeness (QED) is 0.350. The number of aromatic nitrogens is 3. The molecule has 30 heavy (non-hydrogen) atoms. The van der Waals surface area contributed by atoms with Crippen molar-refractivity contribution in [1.29, 1.82) is 5.26 Å². The highest BCUT2D eigenvalue weighted by Gasteiger charge is 2.13. The summed E-state index contributed by atoms with van der Waals surface area (Å²) in [5.74, 6) is 0.207. The van der Waals surface area contributed by atoms with Crippen LogP contribution in [-0.4, -0.2) is 15.0 Å². The Hall–Kier alpha value is -3.49. The lowest BCUT2D eigenvalue weighted by Gasteiger charge is -2.08. The Balaban J connectivity index is 1.92. The Bertz CT molecular complexity index is 1480. The molecule has 0 bridgehead atoms. The fourth-order valence-corrected chi connectivity index (χ4v) is 3.97. The number of hydrogen-bond acceptors (Lipinski definition) is 4. The monoisotopic (exact) mass is 414 g/mol. The van der Waals surface area contributed by atoms with Crippen molar-refractivity contribution in [2.75, 3.05) is 0 Å². The van der Waals surface area contributed by atoms with Gasteiger partial charge in [0.2, 0.25) is 0 Å². The van der Waals surface area contributed by atoms with Crippen molar-refractivity contribution >= 4 is 45.1 Å². The van der Waals surface area contributed by atoms with Crippen LogP contribution in [0.4, 0.5) is 0 Å². The van der Waals surface area contributed by atoms with Crippen molar-refractivity contribution in [2.24, 2.45) is 0 Å². The van der Waals surface area contributed by atoms with Gasteiger partial charge in [0.25, 0.3) is 5.56 Å². The second-order valence-corrected chi connectivity index (χ2v) is 7.94. The lowest BCUT2D eigenvalue weighted by Crippen LogP contribution is -2.12. The van der Waals surface area contributed by atoms with Gasteiger partial charge in [0.1, 0.15) is 11.2 Å². The maximum atomic E-state index is 12.6. The molecule has 2 aromatic carbocycles. The van der Waals surface area contributed by atoms with E-state index in [1.54, 1.807) is 12.1 Å². The van der Waals surface area contributed by atoms with Crippen LogP contribution in [0.25, 0.3) is 33.5 Å². The summed E-state index contributed by atoms with van der Waals surface area (Å²) in [6.07, 6.45) is 1.61. The Labute approximate surface area is 178 Å². The minimum atomic E-state index is -0.281. The summed E-state index contributed by atoms with van der Waals surface area (Å²) >= 11 is 6.42. The molecule has 4 rings (SSSR count).